The number of halogens is 2. The summed E-state index contributed by atoms with van der Waals surface area (Å²) in [6, 6.07) is 12.3. The minimum atomic E-state index is -0.447. The lowest BCUT2D eigenvalue weighted by atomic mass is 10.1. The Labute approximate surface area is 185 Å². The minimum Gasteiger partial charge on any atom is -0.457 e. The van der Waals surface area contributed by atoms with E-state index in [-0.39, 0.29) is 5.69 Å². The Hall–Kier alpha value is -3.36. The molecule has 0 atom stereocenters. The number of nitrogens with zero attached hydrogens (tertiary/aromatic N) is 4. The van der Waals surface area contributed by atoms with Gasteiger partial charge in [0.2, 0.25) is 0 Å². The molecule has 0 amide bonds. The van der Waals surface area contributed by atoms with Gasteiger partial charge < -0.3 is 10.1 Å². The summed E-state index contributed by atoms with van der Waals surface area (Å²) in [5.41, 5.74) is 2.53. The first-order valence-electron chi connectivity index (χ1n) is 9.36. The van der Waals surface area contributed by atoms with E-state index in [1.165, 1.54) is 6.33 Å². The van der Waals surface area contributed by atoms with Gasteiger partial charge in [0.15, 0.2) is 11.6 Å². The number of nitrogens with one attached hydrogen (secondary N) is 1. The predicted octanol–water partition coefficient (Wildman–Crippen LogP) is 6.58. The van der Waals surface area contributed by atoms with Gasteiger partial charge in [0, 0.05) is 11.6 Å². The van der Waals surface area contributed by atoms with Crippen molar-refractivity contribution in [2.24, 2.45) is 0 Å². The van der Waals surface area contributed by atoms with E-state index in [2.05, 4.69) is 25.3 Å². The molecule has 0 saturated heterocycles. The molecular formula is C22H15ClFN5OS. The Kier molecular flexibility index (Phi) is 4.88. The summed E-state index contributed by atoms with van der Waals surface area (Å²) in [7, 11) is 0. The van der Waals surface area contributed by atoms with Gasteiger partial charge in [-0.15, -0.1) is 11.3 Å². The number of hydrogen-bond donors (Lipinski definition) is 1. The number of anilines is 2. The van der Waals surface area contributed by atoms with E-state index in [0.29, 0.717) is 39.1 Å². The molecule has 9 heteroatoms. The van der Waals surface area contributed by atoms with Crippen LogP contribution in [0.3, 0.4) is 0 Å². The standard InChI is InChI=1S/C22H15ClFN5OS/c1-11-17(30-13-3-7-18-16(9-13)27-12(2)31-18)6-4-14(20(11)24)28-22-21-15(25-10-26-22)5-8-19(23)29-21/h3-10H,1-2H3,(H,25,26,28). The maximum absolute atomic E-state index is 15.1. The quantitative estimate of drug-likeness (QED) is 0.311. The molecule has 31 heavy (non-hydrogen) atoms. The van der Waals surface area contributed by atoms with Gasteiger partial charge in [-0.1, -0.05) is 11.6 Å². The molecule has 0 bridgehead atoms. The topological polar surface area (TPSA) is 72.8 Å². The van der Waals surface area contributed by atoms with E-state index in [9.17, 15) is 0 Å². The summed E-state index contributed by atoms with van der Waals surface area (Å²) in [4.78, 5) is 17.1. The number of thiazole rings is 1. The first-order chi connectivity index (χ1) is 15.0. The van der Waals surface area contributed by atoms with Crippen LogP contribution < -0.4 is 10.1 Å². The van der Waals surface area contributed by atoms with Crippen LogP contribution in [0.4, 0.5) is 15.9 Å². The molecule has 0 fully saturated rings. The monoisotopic (exact) mass is 451 g/mol. The fraction of sp³-hybridized carbons (Fsp3) is 0.0909. The second-order valence-corrected chi connectivity index (χ2v) is 8.49. The van der Waals surface area contributed by atoms with Crippen molar-refractivity contribution < 1.29 is 9.13 Å². The second kappa shape index (κ2) is 7.72. The molecule has 5 aromatic rings. The van der Waals surface area contributed by atoms with Crippen molar-refractivity contribution in [1.29, 1.82) is 0 Å². The predicted molar refractivity (Wildman–Crippen MR) is 121 cm³/mol. The van der Waals surface area contributed by atoms with Crippen molar-refractivity contribution in [2.45, 2.75) is 13.8 Å². The second-order valence-electron chi connectivity index (χ2n) is 6.86. The van der Waals surface area contributed by atoms with Crippen LogP contribution in [0.15, 0.2) is 48.8 Å². The van der Waals surface area contributed by atoms with Gasteiger partial charge in [-0.05, 0) is 50.2 Å². The van der Waals surface area contributed by atoms with Crippen LogP contribution in [0.2, 0.25) is 5.15 Å². The molecular weight excluding hydrogens is 437 g/mol. The van der Waals surface area contributed by atoms with Gasteiger partial charge in [-0.25, -0.2) is 24.3 Å². The van der Waals surface area contributed by atoms with Crippen LogP contribution in [0.1, 0.15) is 10.6 Å². The lowest BCUT2D eigenvalue weighted by molar-refractivity contribution is 0.472. The van der Waals surface area contributed by atoms with Crippen LogP contribution in [-0.4, -0.2) is 19.9 Å². The van der Waals surface area contributed by atoms with Crippen molar-refractivity contribution in [3.8, 4) is 11.5 Å². The van der Waals surface area contributed by atoms with Crippen molar-refractivity contribution in [3.05, 3.63) is 70.3 Å². The lowest BCUT2D eigenvalue weighted by Crippen LogP contribution is -2.01. The number of ether oxygens (including phenoxy) is 1. The van der Waals surface area contributed by atoms with Crippen molar-refractivity contribution in [3.63, 3.8) is 0 Å². The van der Waals surface area contributed by atoms with Gasteiger partial charge in [0.1, 0.15) is 28.5 Å². The molecule has 3 heterocycles. The molecule has 0 saturated carbocycles. The van der Waals surface area contributed by atoms with E-state index in [4.69, 9.17) is 16.3 Å². The molecule has 1 N–H and O–H groups in total. The number of aromatic nitrogens is 4. The van der Waals surface area contributed by atoms with Crippen LogP contribution in [0.25, 0.3) is 21.3 Å². The first-order valence-corrected chi connectivity index (χ1v) is 10.6. The third kappa shape index (κ3) is 3.75. The highest BCUT2D eigenvalue weighted by atomic mass is 35.5. The van der Waals surface area contributed by atoms with Crippen molar-refractivity contribution in [1.82, 2.24) is 19.9 Å². The third-order valence-electron chi connectivity index (χ3n) is 4.73. The molecule has 154 valence electrons. The summed E-state index contributed by atoms with van der Waals surface area (Å²) in [5, 5.41) is 4.28. The number of rotatable bonds is 4. The van der Waals surface area contributed by atoms with Gasteiger partial charge >= 0.3 is 0 Å². The van der Waals surface area contributed by atoms with Crippen LogP contribution >= 0.6 is 22.9 Å². The molecule has 0 aliphatic heterocycles. The van der Waals surface area contributed by atoms with E-state index >= 15 is 4.39 Å². The van der Waals surface area contributed by atoms with Gasteiger partial charge in [-0.2, -0.15) is 0 Å². The number of benzene rings is 2. The largest absolute Gasteiger partial charge is 0.457 e. The summed E-state index contributed by atoms with van der Waals surface area (Å²) in [6.07, 6.45) is 1.39. The number of hydrogen-bond acceptors (Lipinski definition) is 7. The van der Waals surface area contributed by atoms with Gasteiger partial charge in [0.25, 0.3) is 0 Å². The zero-order chi connectivity index (χ0) is 21.5. The average molecular weight is 452 g/mol. The van der Waals surface area contributed by atoms with Crippen LogP contribution in [0, 0.1) is 19.7 Å². The Balaban J connectivity index is 1.46. The summed E-state index contributed by atoms with van der Waals surface area (Å²) in [5.74, 6) is 0.936. The molecule has 0 spiro atoms. The molecule has 6 nitrogen and oxygen atoms in total. The van der Waals surface area contributed by atoms with E-state index < -0.39 is 5.82 Å². The van der Waals surface area contributed by atoms with Gasteiger partial charge in [-0.3, -0.25) is 0 Å². The third-order valence-corrected chi connectivity index (χ3v) is 5.89. The zero-order valence-electron chi connectivity index (χ0n) is 16.5. The summed E-state index contributed by atoms with van der Waals surface area (Å²) in [6.45, 7) is 3.62. The Morgan fingerprint density at radius 1 is 1.00 bits per heavy atom. The lowest BCUT2D eigenvalue weighted by Gasteiger charge is -2.14. The highest BCUT2D eigenvalue weighted by molar-refractivity contribution is 7.18. The highest BCUT2D eigenvalue weighted by Gasteiger charge is 2.15. The zero-order valence-corrected chi connectivity index (χ0v) is 18.1. The van der Waals surface area contributed by atoms with Crippen molar-refractivity contribution in [2.75, 3.05) is 5.32 Å². The maximum atomic E-state index is 15.1. The number of pyridine rings is 1. The Morgan fingerprint density at radius 3 is 2.74 bits per heavy atom. The number of fused-ring (bicyclic) bond motifs is 2. The van der Waals surface area contributed by atoms with Crippen LogP contribution in [0.5, 0.6) is 11.5 Å². The summed E-state index contributed by atoms with van der Waals surface area (Å²) >= 11 is 7.62. The number of aryl methyl sites for hydroxylation is 1. The Bertz CT molecular complexity index is 1460. The minimum absolute atomic E-state index is 0.247. The molecule has 0 aliphatic carbocycles. The fourth-order valence-corrected chi connectivity index (χ4v) is 4.18. The average Bonchev–Trinajstić information content (AvgIpc) is 3.13. The summed E-state index contributed by atoms with van der Waals surface area (Å²) < 4.78 is 22.2. The highest BCUT2D eigenvalue weighted by Crippen LogP contribution is 2.34. The molecule has 5 rings (SSSR count). The van der Waals surface area contributed by atoms with E-state index in [1.807, 2.05) is 25.1 Å². The SMILES string of the molecule is Cc1nc2cc(Oc3ccc(Nc4ncnc5ccc(Cl)nc45)c(F)c3C)ccc2s1. The first kappa shape index (κ1) is 19.6. The molecule has 3 aromatic heterocycles. The smallest absolute Gasteiger partial charge is 0.160 e. The van der Waals surface area contributed by atoms with E-state index in [0.717, 1.165) is 15.2 Å². The normalized spacial score (nSPS) is 11.2. The molecule has 2 aromatic carbocycles. The fourth-order valence-electron chi connectivity index (χ4n) is 3.22. The molecule has 0 unspecified atom stereocenters. The molecule has 0 radical (unpaired) electrons. The maximum Gasteiger partial charge on any atom is 0.160 e. The van der Waals surface area contributed by atoms with Crippen LogP contribution in [-0.2, 0) is 0 Å². The van der Waals surface area contributed by atoms with Gasteiger partial charge in [0.05, 0.1) is 26.4 Å². The molecule has 0 aliphatic rings. The Morgan fingerprint density at radius 2 is 1.87 bits per heavy atom. The van der Waals surface area contributed by atoms with Crippen molar-refractivity contribution >= 4 is 55.7 Å². The van der Waals surface area contributed by atoms with E-state index in [1.54, 1.807) is 42.5 Å².